The quantitative estimate of drug-likeness (QED) is 0.307. The van der Waals surface area contributed by atoms with Crippen LogP contribution in [0.25, 0.3) is 10.4 Å². The van der Waals surface area contributed by atoms with Crippen LogP contribution in [0.15, 0.2) is 40.4 Å². The van der Waals surface area contributed by atoms with Gasteiger partial charge in [0.15, 0.2) is 0 Å². The van der Waals surface area contributed by atoms with Crippen LogP contribution in [0.4, 0.5) is 0 Å². The number of carbonyl (C=O) groups excluding carboxylic acids is 2. The fourth-order valence-corrected chi connectivity index (χ4v) is 5.82. The first kappa shape index (κ1) is 29.6. The number of hydrogen-bond donors (Lipinski definition) is 1. The van der Waals surface area contributed by atoms with Gasteiger partial charge in [-0.2, -0.15) is 0 Å². The van der Waals surface area contributed by atoms with Gasteiger partial charge >= 0.3 is 0 Å². The van der Waals surface area contributed by atoms with E-state index in [0.717, 1.165) is 49.2 Å². The summed E-state index contributed by atoms with van der Waals surface area (Å²) in [6.07, 6.45) is 3.94. The molecule has 0 bridgehead atoms. The van der Waals surface area contributed by atoms with Crippen LogP contribution >= 0.6 is 11.3 Å². The second kappa shape index (κ2) is 13.7. The average molecular weight is 539 g/mol. The van der Waals surface area contributed by atoms with E-state index in [1.807, 2.05) is 30.3 Å². The highest BCUT2D eigenvalue weighted by molar-refractivity contribution is 7.13. The summed E-state index contributed by atoms with van der Waals surface area (Å²) in [5, 5.41) is 6.81. The molecule has 3 atom stereocenters. The summed E-state index contributed by atoms with van der Waals surface area (Å²) in [5.41, 5.74) is 6.10. The molecule has 3 heterocycles. The molecule has 1 aliphatic heterocycles. The van der Waals surface area contributed by atoms with Gasteiger partial charge in [-0.05, 0) is 63.0 Å². The molecule has 0 radical (unpaired) electrons. The molecule has 1 fully saturated rings. The van der Waals surface area contributed by atoms with Crippen LogP contribution in [0.2, 0.25) is 0 Å². The van der Waals surface area contributed by atoms with E-state index in [0.29, 0.717) is 17.7 Å². The van der Waals surface area contributed by atoms with E-state index in [1.54, 1.807) is 11.3 Å². The molecule has 1 saturated heterocycles. The lowest BCUT2D eigenvalue weighted by Gasteiger charge is -2.27. The van der Waals surface area contributed by atoms with Crippen molar-refractivity contribution >= 4 is 23.7 Å². The molecule has 7 nitrogen and oxygen atoms in total. The zero-order valence-electron chi connectivity index (χ0n) is 23.7. The van der Waals surface area contributed by atoms with Crippen LogP contribution in [0, 0.1) is 25.7 Å². The van der Waals surface area contributed by atoms with E-state index >= 15 is 0 Å². The number of hydrogen-bond acceptors (Lipinski definition) is 6. The number of nitrogens with one attached hydrogen (secondary N) is 1. The maximum Gasteiger partial charge on any atom is 0.233 e. The molecule has 8 heteroatoms. The van der Waals surface area contributed by atoms with Crippen molar-refractivity contribution in [3.63, 3.8) is 0 Å². The Morgan fingerprint density at radius 1 is 1.21 bits per heavy atom. The van der Waals surface area contributed by atoms with Crippen molar-refractivity contribution in [3.05, 3.63) is 58.6 Å². The largest absolute Gasteiger partial charge is 0.360 e. The van der Waals surface area contributed by atoms with Crippen LogP contribution in [-0.4, -0.2) is 39.9 Å². The smallest absolute Gasteiger partial charge is 0.233 e. The van der Waals surface area contributed by atoms with E-state index < -0.39 is 0 Å². The minimum atomic E-state index is -0.202. The second-order valence-electron chi connectivity index (χ2n) is 11.0. The number of carbonyl (C=O) groups is 2. The number of amides is 2. The van der Waals surface area contributed by atoms with Gasteiger partial charge < -0.3 is 14.7 Å². The number of aryl methyl sites for hydroxylation is 2. The molecule has 1 N–H and O–H groups in total. The second-order valence-corrected chi connectivity index (χ2v) is 11.8. The van der Waals surface area contributed by atoms with Gasteiger partial charge in [0.2, 0.25) is 12.3 Å². The Balaban J connectivity index is 0.000000212. The molecule has 2 aromatic heterocycles. The van der Waals surface area contributed by atoms with E-state index in [1.165, 1.54) is 10.4 Å². The summed E-state index contributed by atoms with van der Waals surface area (Å²) in [5.74, 6) is 1.44. The zero-order valence-corrected chi connectivity index (χ0v) is 24.5. The monoisotopic (exact) mass is 538 g/mol. The Labute approximate surface area is 231 Å². The molecule has 2 amide bonds. The molecule has 1 aromatic carbocycles. The molecule has 206 valence electrons. The van der Waals surface area contributed by atoms with Crippen LogP contribution in [0.1, 0.15) is 88.6 Å². The summed E-state index contributed by atoms with van der Waals surface area (Å²) in [4.78, 5) is 30.9. The van der Waals surface area contributed by atoms with Gasteiger partial charge in [0.1, 0.15) is 11.7 Å². The fourth-order valence-electron chi connectivity index (χ4n) is 5.00. The molecule has 0 saturated carbocycles. The number of likely N-dealkylation sites (tertiary alicyclic amines) is 1. The first-order valence-electron chi connectivity index (χ1n) is 13.6. The lowest BCUT2D eigenvalue weighted by molar-refractivity contribution is -0.134. The Hall–Kier alpha value is -3.00. The lowest BCUT2D eigenvalue weighted by Crippen LogP contribution is -2.38. The van der Waals surface area contributed by atoms with E-state index in [4.69, 9.17) is 4.52 Å². The van der Waals surface area contributed by atoms with Gasteiger partial charge in [0.25, 0.3) is 0 Å². The normalized spacial score (nSPS) is 16.8. The maximum atomic E-state index is 12.6. The lowest BCUT2D eigenvalue weighted by atomic mass is 9.91. The summed E-state index contributed by atoms with van der Waals surface area (Å²) < 4.78 is 5.31. The van der Waals surface area contributed by atoms with Gasteiger partial charge in [0, 0.05) is 18.7 Å². The summed E-state index contributed by atoms with van der Waals surface area (Å²) in [7, 11) is 0. The topological polar surface area (TPSA) is 88.3 Å². The van der Waals surface area contributed by atoms with Crippen molar-refractivity contribution in [3.8, 4) is 10.4 Å². The fraction of sp³-hybridized carbons (Fsp3) is 0.533. The molecule has 3 aromatic rings. The number of rotatable bonds is 9. The Bertz CT molecular complexity index is 1170. The molecule has 0 spiro atoms. The average Bonchev–Trinajstić information content (AvgIpc) is 3.60. The third-order valence-electron chi connectivity index (χ3n) is 7.02. The van der Waals surface area contributed by atoms with Crippen molar-refractivity contribution in [2.45, 2.75) is 85.7 Å². The standard InChI is InChI=1S/C16H20N2OS.C14H22N2O2/c1-11(2)8-15(17-9-19)13-4-6-14(7-5-13)16-12(3)18-10-20-16;1-9(2)13(12-8-10(3)15-18-12)14(17)16-7-5-6-11(16)4/h4-7,9-11,15H,8H2,1-3H3,(H,17,19);8-9,11,13H,5-7H2,1-4H3. The van der Waals surface area contributed by atoms with Gasteiger partial charge in [-0.3, -0.25) is 9.59 Å². The van der Waals surface area contributed by atoms with E-state index in [9.17, 15) is 9.59 Å². The van der Waals surface area contributed by atoms with Crippen molar-refractivity contribution in [1.82, 2.24) is 20.4 Å². The molecule has 3 unspecified atom stereocenters. The van der Waals surface area contributed by atoms with Crippen molar-refractivity contribution in [2.24, 2.45) is 11.8 Å². The maximum absolute atomic E-state index is 12.6. The number of nitrogens with zero attached hydrogens (tertiary/aromatic N) is 3. The number of aromatic nitrogens is 2. The van der Waals surface area contributed by atoms with E-state index in [2.05, 4.69) is 74.3 Å². The zero-order chi connectivity index (χ0) is 27.8. The molecule has 0 aliphatic carbocycles. The van der Waals surface area contributed by atoms with Gasteiger partial charge in [-0.15, -0.1) is 11.3 Å². The highest BCUT2D eigenvalue weighted by Gasteiger charge is 2.35. The van der Waals surface area contributed by atoms with Crippen molar-refractivity contribution < 1.29 is 14.1 Å². The molecule has 4 rings (SSSR count). The van der Waals surface area contributed by atoms with Gasteiger partial charge in [-0.25, -0.2) is 4.98 Å². The third-order valence-corrected chi connectivity index (χ3v) is 8.00. The Morgan fingerprint density at radius 3 is 2.39 bits per heavy atom. The Kier molecular flexibility index (Phi) is 10.6. The van der Waals surface area contributed by atoms with Crippen molar-refractivity contribution in [1.29, 1.82) is 0 Å². The first-order chi connectivity index (χ1) is 18.1. The first-order valence-corrected chi connectivity index (χ1v) is 14.4. The molecule has 1 aliphatic rings. The third kappa shape index (κ3) is 7.53. The minimum Gasteiger partial charge on any atom is -0.360 e. The van der Waals surface area contributed by atoms with Gasteiger partial charge in [-0.1, -0.05) is 57.1 Å². The van der Waals surface area contributed by atoms with Crippen LogP contribution in [0.3, 0.4) is 0 Å². The van der Waals surface area contributed by atoms with E-state index in [-0.39, 0.29) is 23.8 Å². The number of benzene rings is 1. The van der Waals surface area contributed by atoms with Gasteiger partial charge in [0.05, 0.1) is 27.8 Å². The molecular formula is C30H42N4O3S. The highest BCUT2D eigenvalue weighted by atomic mass is 32.1. The van der Waals surface area contributed by atoms with Crippen LogP contribution < -0.4 is 5.32 Å². The van der Waals surface area contributed by atoms with Crippen LogP contribution in [-0.2, 0) is 9.59 Å². The highest BCUT2D eigenvalue weighted by Crippen LogP contribution is 2.31. The molecular weight excluding hydrogens is 496 g/mol. The summed E-state index contributed by atoms with van der Waals surface area (Å²) in [6.45, 7) is 15.3. The predicted molar refractivity (Wildman–Crippen MR) is 153 cm³/mol. The number of thiazole rings is 1. The summed E-state index contributed by atoms with van der Waals surface area (Å²) >= 11 is 1.65. The summed E-state index contributed by atoms with van der Waals surface area (Å²) in [6, 6.07) is 10.7. The Morgan fingerprint density at radius 2 is 1.92 bits per heavy atom. The minimum absolute atomic E-state index is 0.0871. The van der Waals surface area contributed by atoms with Crippen molar-refractivity contribution in [2.75, 3.05) is 6.54 Å². The molecule has 38 heavy (non-hydrogen) atoms. The van der Waals surface area contributed by atoms with Crippen LogP contribution in [0.5, 0.6) is 0 Å². The predicted octanol–water partition coefficient (Wildman–Crippen LogP) is 6.69. The SMILES string of the molecule is Cc1cc(C(C(=O)N2CCCC2C)C(C)C)on1.Cc1ncsc1-c1ccc(C(CC(C)C)NC=O)cc1.